The highest BCUT2D eigenvalue weighted by molar-refractivity contribution is 7.91. The van der Waals surface area contributed by atoms with Crippen LogP contribution in [-0.4, -0.2) is 39.2 Å². The lowest BCUT2D eigenvalue weighted by atomic mass is 10.1. The minimum Gasteiger partial charge on any atom is -0.493 e. The zero-order valence-corrected chi connectivity index (χ0v) is 17.0. The van der Waals surface area contributed by atoms with Gasteiger partial charge in [-0.25, -0.2) is 13.8 Å². The lowest BCUT2D eigenvalue weighted by Gasteiger charge is -2.11. The lowest BCUT2D eigenvalue weighted by Crippen LogP contribution is -2.21. The Labute approximate surface area is 170 Å². The van der Waals surface area contributed by atoms with Crippen molar-refractivity contribution in [2.75, 3.05) is 18.6 Å². The first-order valence-electron chi connectivity index (χ1n) is 9.32. The van der Waals surface area contributed by atoms with E-state index in [0.717, 1.165) is 11.1 Å². The average Bonchev–Trinajstić information content (AvgIpc) is 3.05. The van der Waals surface area contributed by atoms with Crippen molar-refractivity contribution in [3.05, 3.63) is 59.7 Å². The molecule has 1 N–H and O–H groups in total. The second-order valence-corrected chi connectivity index (χ2v) is 9.18. The number of sulfone groups is 1. The van der Waals surface area contributed by atoms with Gasteiger partial charge in [0.1, 0.15) is 6.61 Å². The molecule has 1 heterocycles. The van der Waals surface area contributed by atoms with E-state index in [2.05, 4.69) is 10.5 Å². The van der Waals surface area contributed by atoms with Gasteiger partial charge >= 0.3 is 0 Å². The zero-order chi connectivity index (χ0) is 20.7. The zero-order valence-electron chi connectivity index (χ0n) is 16.2. The van der Waals surface area contributed by atoms with Crippen LogP contribution in [0.2, 0.25) is 0 Å². The number of nitrogens with zero attached hydrogens (tertiary/aromatic N) is 1. The first-order chi connectivity index (χ1) is 13.9. The number of hydrogen-bond donors (Lipinski definition) is 1. The van der Waals surface area contributed by atoms with Crippen LogP contribution in [0, 0.1) is 5.92 Å². The highest BCUT2D eigenvalue weighted by atomic mass is 32.2. The fourth-order valence-electron chi connectivity index (χ4n) is 3.14. The molecule has 1 aliphatic rings. The number of benzene rings is 2. The molecular weight excluding hydrogens is 392 g/mol. The Morgan fingerprint density at radius 2 is 2.00 bits per heavy atom. The first-order valence-corrected chi connectivity index (χ1v) is 11.1. The van der Waals surface area contributed by atoms with E-state index in [-0.39, 0.29) is 29.8 Å². The lowest BCUT2D eigenvalue weighted by molar-refractivity contribution is -0.121. The molecule has 7 nitrogen and oxygen atoms in total. The number of methoxy groups -OCH3 is 1. The van der Waals surface area contributed by atoms with E-state index >= 15 is 0 Å². The van der Waals surface area contributed by atoms with Gasteiger partial charge in [0.05, 0.1) is 24.8 Å². The van der Waals surface area contributed by atoms with Crippen molar-refractivity contribution in [3.8, 4) is 11.5 Å². The third-order valence-corrected chi connectivity index (χ3v) is 6.47. The minimum absolute atomic E-state index is 0.0741. The molecule has 0 aliphatic carbocycles. The molecule has 1 atom stereocenters. The fourth-order valence-corrected chi connectivity index (χ4v) is 5.00. The summed E-state index contributed by atoms with van der Waals surface area (Å²) in [7, 11) is -1.41. The summed E-state index contributed by atoms with van der Waals surface area (Å²) in [6.07, 6.45) is 2.20. The Hall–Kier alpha value is -2.87. The summed E-state index contributed by atoms with van der Waals surface area (Å²) in [5.74, 6) is 0.982. The molecule has 29 heavy (non-hydrogen) atoms. The van der Waals surface area contributed by atoms with Crippen molar-refractivity contribution < 1.29 is 22.7 Å². The molecule has 154 valence electrons. The van der Waals surface area contributed by atoms with E-state index in [9.17, 15) is 13.2 Å². The quantitative estimate of drug-likeness (QED) is 0.527. The predicted octanol–water partition coefficient (Wildman–Crippen LogP) is 2.55. The third-order valence-electron chi connectivity index (χ3n) is 4.63. The Kier molecular flexibility index (Phi) is 6.87. The molecule has 0 bridgehead atoms. The van der Waals surface area contributed by atoms with Gasteiger partial charge in [0, 0.05) is 6.42 Å². The Balaban J connectivity index is 1.56. The summed E-state index contributed by atoms with van der Waals surface area (Å²) in [4.78, 5) is 12.0. The van der Waals surface area contributed by atoms with Gasteiger partial charge in [-0.05, 0) is 41.7 Å². The van der Waals surface area contributed by atoms with Gasteiger partial charge in [0.2, 0.25) is 5.91 Å². The first kappa shape index (κ1) is 20.9. The van der Waals surface area contributed by atoms with Crippen LogP contribution in [0.4, 0.5) is 0 Å². The summed E-state index contributed by atoms with van der Waals surface area (Å²) in [6, 6.07) is 15.1. The summed E-state index contributed by atoms with van der Waals surface area (Å²) in [5, 5.41) is 3.96. The smallest absolute Gasteiger partial charge is 0.240 e. The molecule has 1 amide bonds. The van der Waals surface area contributed by atoms with Crippen molar-refractivity contribution in [2.45, 2.75) is 19.4 Å². The van der Waals surface area contributed by atoms with E-state index in [4.69, 9.17) is 9.47 Å². The Bertz CT molecular complexity index is 974. The van der Waals surface area contributed by atoms with Gasteiger partial charge in [0.25, 0.3) is 0 Å². The van der Waals surface area contributed by atoms with Crippen LogP contribution in [0.15, 0.2) is 53.6 Å². The Morgan fingerprint density at radius 3 is 2.69 bits per heavy atom. The SMILES string of the molecule is COc1ccc(/C=N\NC(=O)C[C@H]2CCS(=O)(=O)C2)cc1OCc1ccccc1. The topological polar surface area (TPSA) is 94.1 Å². The number of carbonyl (C=O) groups excluding carboxylic acids is 1. The molecule has 3 rings (SSSR count). The van der Waals surface area contributed by atoms with E-state index in [1.54, 1.807) is 25.3 Å². The van der Waals surface area contributed by atoms with Crippen molar-refractivity contribution in [2.24, 2.45) is 11.0 Å². The number of ether oxygens (including phenoxy) is 2. The number of hydrogen-bond acceptors (Lipinski definition) is 6. The monoisotopic (exact) mass is 416 g/mol. The van der Waals surface area contributed by atoms with Crippen LogP contribution >= 0.6 is 0 Å². The molecule has 0 aromatic heterocycles. The third kappa shape index (κ3) is 6.32. The highest BCUT2D eigenvalue weighted by Gasteiger charge is 2.29. The molecule has 0 radical (unpaired) electrons. The average molecular weight is 416 g/mol. The van der Waals surface area contributed by atoms with Crippen molar-refractivity contribution in [1.29, 1.82) is 0 Å². The van der Waals surface area contributed by atoms with Gasteiger partial charge in [-0.3, -0.25) is 4.79 Å². The number of amides is 1. The number of carbonyl (C=O) groups is 1. The summed E-state index contributed by atoms with van der Waals surface area (Å²) in [6.45, 7) is 0.402. The number of hydrazone groups is 1. The van der Waals surface area contributed by atoms with Gasteiger partial charge in [-0.2, -0.15) is 5.10 Å². The highest BCUT2D eigenvalue weighted by Crippen LogP contribution is 2.28. The van der Waals surface area contributed by atoms with Crippen LogP contribution in [-0.2, 0) is 21.2 Å². The molecule has 2 aromatic carbocycles. The molecule has 1 aliphatic heterocycles. The van der Waals surface area contributed by atoms with E-state index < -0.39 is 9.84 Å². The van der Waals surface area contributed by atoms with Crippen molar-refractivity contribution in [1.82, 2.24) is 5.43 Å². The predicted molar refractivity (Wildman–Crippen MR) is 111 cm³/mol. The second kappa shape index (κ2) is 9.56. The molecule has 1 saturated heterocycles. The van der Waals surface area contributed by atoms with Crippen molar-refractivity contribution in [3.63, 3.8) is 0 Å². The number of rotatable bonds is 8. The van der Waals surface area contributed by atoms with Crippen LogP contribution in [0.1, 0.15) is 24.0 Å². The van der Waals surface area contributed by atoms with E-state index in [1.165, 1.54) is 6.21 Å². The fraction of sp³-hybridized carbons (Fsp3) is 0.333. The summed E-state index contributed by atoms with van der Waals surface area (Å²) in [5.41, 5.74) is 4.23. The molecule has 0 saturated carbocycles. The standard InChI is InChI=1S/C21H24N2O5S/c1-27-19-8-7-17(11-20(19)28-14-16-5-3-2-4-6-16)13-22-23-21(24)12-18-9-10-29(25,26)15-18/h2-8,11,13,18H,9-10,12,14-15H2,1H3,(H,23,24)/b22-13-/t18-/m1/s1. The van der Waals surface area contributed by atoms with Crippen LogP contribution in [0.5, 0.6) is 11.5 Å². The maximum absolute atomic E-state index is 12.0. The molecule has 0 unspecified atom stereocenters. The second-order valence-electron chi connectivity index (χ2n) is 6.95. The van der Waals surface area contributed by atoms with Gasteiger partial charge in [-0.1, -0.05) is 30.3 Å². The maximum atomic E-state index is 12.0. The van der Waals surface area contributed by atoms with Gasteiger partial charge in [-0.15, -0.1) is 0 Å². The van der Waals surface area contributed by atoms with E-state index in [1.807, 2.05) is 30.3 Å². The minimum atomic E-state index is -2.99. The molecule has 2 aromatic rings. The largest absolute Gasteiger partial charge is 0.493 e. The van der Waals surface area contributed by atoms with Crippen LogP contribution in [0.25, 0.3) is 0 Å². The van der Waals surface area contributed by atoms with E-state index in [0.29, 0.717) is 24.5 Å². The summed E-state index contributed by atoms with van der Waals surface area (Å²) < 4.78 is 34.1. The van der Waals surface area contributed by atoms with Crippen molar-refractivity contribution >= 4 is 22.0 Å². The molecule has 1 fully saturated rings. The molecular formula is C21H24N2O5S. The number of nitrogens with one attached hydrogen (secondary N) is 1. The van der Waals surface area contributed by atoms with Gasteiger partial charge < -0.3 is 9.47 Å². The maximum Gasteiger partial charge on any atom is 0.240 e. The van der Waals surface area contributed by atoms with Gasteiger partial charge in [0.15, 0.2) is 21.3 Å². The molecule has 8 heteroatoms. The Morgan fingerprint density at radius 1 is 1.21 bits per heavy atom. The summed E-state index contributed by atoms with van der Waals surface area (Å²) >= 11 is 0. The van der Waals surface area contributed by atoms with Crippen LogP contribution in [0.3, 0.4) is 0 Å². The van der Waals surface area contributed by atoms with Crippen LogP contribution < -0.4 is 14.9 Å². The normalized spacial score (nSPS) is 17.9. The molecule has 0 spiro atoms.